The molecule has 1 fully saturated rings. The molecule has 10 heteroatoms. The van der Waals surface area contributed by atoms with Crippen molar-refractivity contribution in [2.45, 2.75) is 25.2 Å². The second-order valence-corrected chi connectivity index (χ2v) is 8.33. The highest BCUT2D eigenvalue weighted by molar-refractivity contribution is 7.89. The van der Waals surface area contributed by atoms with Crippen molar-refractivity contribution in [3.05, 3.63) is 40.5 Å². The zero-order valence-corrected chi connectivity index (χ0v) is 16.0. The maximum absolute atomic E-state index is 12.9. The van der Waals surface area contributed by atoms with Crippen LogP contribution >= 0.6 is 11.6 Å². The van der Waals surface area contributed by atoms with Gasteiger partial charge in [-0.15, -0.1) is 0 Å². The minimum absolute atomic E-state index is 0.110. The largest absolute Gasteiger partial charge is 0.360 e. The van der Waals surface area contributed by atoms with Gasteiger partial charge in [-0.05, 0) is 32.4 Å². The molecule has 8 nitrogen and oxygen atoms in total. The van der Waals surface area contributed by atoms with Gasteiger partial charge in [-0.2, -0.15) is 4.31 Å². The Morgan fingerprint density at radius 1 is 1.19 bits per heavy atom. The summed E-state index contributed by atoms with van der Waals surface area (Å²) in [6, 6.07) is 3.17. The Hall–Kier alpha value is -1.97. The Balaban J connectivity index is 1.76. The lowest BCUT2D eigenvalue weighted by Crippen LogP contribution is -2.37. The molecule has 0 spiro atoms. The molecule has 0 aromatic carbocycles. The van der Waals surface area contributed by atoms with E-state index >= 15 is 0 Å². The predicted octanol–water partition coefficient (Wildman–Crippen LogP) is 1.88. The van der Waals surface area contributed by atoms with E-state index in [0.29, 0.717) is 42.5 Å². The normalized spacial score (nSPS) is 16.5. The fraction of sp³-hybridized carbons (Fsp3) is 0.438. The summed E-state index contributed by atoms with van der Waals surface area (Å²) in [6.07, 6.45) is 1.96. The second kappa shape index (κ2) is 7.34. The third-order valence-corrected chi connectivity index (χ3v) is 6.65. The Kier molecular flexibility index (Phi) is 5.31. The first-order valence-corrected chi connectivity index (χ1v) is 9.96. The minimum Gasteiger partial charge on any atom is -0.360 e. The molecule has 3 rings (SSSR count). The summed E-state index contributed by atoms with van der Waals surface area (Å²) in [5.74, 6) is 0.0812. The van der Waals surface area contributed by atoms with E-state index in [1.165, 1.54) is 10.5 Å². The Morgan fingerprint density at radius 2 is 1.96 bits per heavy atom. The molecule has 0 N–H and O–H groups in total. The highest BCUT2D eigenvalue weighted by atomic mass is 35.5. The topological polar surface area (TPSA) is 96.6 Å². The van der Waals surface area contributed by atoms with Crippen LogP contribution in [0.5, 0.6) is 0 Å². The summed E-state index contributed by atoms with van der Waals surface area (Å²) in [4.78, 5) is 18.3. The molecule has 3 heterocycles. The Morgan fingerprint density at radius 3 is 2.58 bits per heavy atom. The van der Waals surface area contributed by atoms with Crippen LogP contribution in [-0.2, 0) is 10.0 Å². The van der Waals surface area contributed by atoms with E-state index in [4.69, 9.17) is 16.1 Å². The van der Waals surface area contributed by atoms with Crippen LogP contribution in [0.15, 0.2) is 27.7 Å². The molecule has 0 bridgehead atoms. The van der Waals surface area contributed by atoms with Crippen LogP contribution < -0.4 is 0 Å². The van der Waals surface area contributed by atoms with Gasteiger partial charge < -0.3 is 9.42 Å². The molecular formula is C16H19ClN4O4S. The van der Waals surface area contributed by atoms with E-state index in [1.807, 2.05) is 0 Å². The summed E-state index contributed by atoms with van der Waals surface area (Å²) in [6.45, 7) is 4.48. The molecule has 0 saturated carbocycles. The van der Waals surface area contributed by atoms with Gasteiger partial charge in [-0.25, -0.2) is 13.4 Å². The quantitative estimate of drug-likeness (QED) is 0.732. The average Bonchev–Trinajstić information content (AvgIpc) is 2.81. The van der Waals surface area contributed by atoms with Gasteiger partial charge in [0.1, 0.15) is 15.7 Å². The van der Waals surface area contributed by atoms with E-state index in [9.17, 15) is 13.2 Å². The number of sulfonamides is 1. The molecule has 26 heavy (non-hydrogen) atoms. The van der Waals surface area contributed by atoms with Crippen LogP contribution in [0, 0.1) is 13.8 Å². The first-order valence-electron chi connectivity index (χ1n) is 8.14. The van der Waals surface area contributed by atoms with E-state index in [1.54, 1.807) is 30.9 Å². The number of hydrogen-bond donors (Lipinski definition) is 0. The third kappa shape index (κ3) is 3.60. The lowest BCUT2D eigenvalue weighted by Gasteiger charge is -2.21. The summed E-state index contributed by atoms with van der Waals surface area (Å²) >= 11 is 5.75. The molecule has 1 saturated heterocycles. The van der Waals surface area contributed by atoms with Crippen LogP contribution in [0.25, 0.3) is 0 Å². The zero-order chi connectivity index (χ0) is 18.9. The summed E-state index contributed by atoms with van der Waals surface area (Å²) in [5, 5.41) is 4.04. The number of carbonyl (C=O) groups is 1. The molecule has 2 aromatic heterocycles. The molecule has 0 unspecified atom stereocenters. The maximum atomic E-state index is 12.9. The van der Waals surface area contributed by atoms with Crippen LogP contribution in [0.3, 0.4) is 0 Å². The Labute approximate surface area is 156 Å². The summed E-state index contributed by atoms with van der Waals surface area (Å²) in [7, 11) is -3.71. The number of pyridine rings is 1. The lowest BCUT2D eigenvalue weighted by molar-refractivity contribution is 0.0764. The van der Waals surface area contributed by atoms with E-state index < -0.39 is 10.0 Å². The molecular weight excluding hydrogens is 380 g/mol. The molecule has 0 aliphatic carbocycles. The highest BCUT2D eigenvalue weighted by Gasteiger charge is 2.33. The molecule has 0 radical (unpaired) electrons. The highest BCUT2D eigenvalue weighted by Crippen LogP contribution is 2.24. The predicted molar refractivity (Wildman–Crippen MR) is 94.5 cm³/mol. The smallest absolute Gasteiger partial charge is 0.255 e. The summed E-state index contributed by atoms with van der Waals surface area (Å²) < 4.78 is 32.2. The van der Waals surface area contributed by atoms with Crippen molar-refractivity contribution in [3.8, 4) is 0 Å². The van der Waals surface area contributed by atoms with Crippen molar-refractivity contribution in [1.29, 1.82) is 0 Å². The molecule has 1 aliphatic rings. The number of amides is 1. The second-order valence-electron chi connectivity index (χ2n) is 6.07. The van der Waals surface area contributed by atoms with Gasteiger partial charge in [-0.1, -0.05) is 16.8 Å². The average molecular weight is 399 g/mol. The number of rotatable bonds is 3. The van der Waals surface area contributed by atoms with Crippen molar-refractivity contribution in [1.82, 2.24) is 19.3 Å². The zero-order valence-electron chi connectivity index (χ0n) is 14.5. The number of nitrogens with zero attached hydrogens (tertiary/aromatic N) is 4. The number of aryl methyl sites for hydroxylation is 2. The standard InChI is InChI=1S/C16H19ClN4O4S/c1-11-15(12(2)25-19-11)26(23,24)21-7-3-6-20(8-9-21)16(22)13-4-5-14(17)18-10-13/h4-5,10H,3,6-9H2,1-2H3. The maximum Gasteiger partial charge on any atom is 0.255 e. The van der Waals surface area contributed by atoms with Gasteiger partial charge in [0.15, 0.2) is 5.76 Å². The van der Waals surface area contributed by atoms with Gasteiger partial charge in [-0.3, -0.25) is 4.79 Å². The van der Waals surface area contributed by atoms with E-state index in [0.717, 1.165) is 0 Å². The SMILES string of the molecule is Cc1noc(C)c1S(=O)(=O)N1CCCN(C(=O)c2ccc(Cl)nc2)CC1. The van der Waals surface area contributed by atoms with Gasteiger partial charge in [0.2, 0.25) is 10.0 Å². The molecule has 1 aliphatic heterocycles. The third-order valence-electron chi connectivity index (χ3n) is 4.28. The van der Waals surface area contributed by atoms with Crippen LogP contribution in [0.1, 0.15) is 28.2 Å². The fourth-order valence-corrected chi connectivity index (χ4v) is 4.87. The first-order chi connectivity index (χ1) is 12.3. The molecule has 140 valence electrons. The van der Waals surface area contributed by atoms with Crippen LogP contribution in [0.2, 0.25) is 5.15 Å². The van der Waals surface area contributed by atoms with Gasteiger partial charge >= 0.3 is 0 Å². The number of halogens is 1. The van der Waals surface area contributed by atoms with Crippen molar-refractivity contribution in [3.63, 3.8) is 0 Å². The van der Waals surface area contributed by atoms with Crippen LogP contribution in [-0.4, -0.2) is 59.8 Å². The van der Waals surface area contributed by atoms with Crippen molar-refractivity contribution in [2.24, 2.45) is 0 Å². The monoisotopic (exact) mass is 398 g/mol. The van der Waals surface area contributed by atoms with E-state index in [2.05, 4.69) is 10.1 Å². The van der Waals surface area contributed by atoms with Gasteiger partial charge in [0, 0.05) is 32.4 Å². The minimum atomic E-state index is -3.71. The van der Waals surface area contributed by atoms with Gasteiger partial charge in [0.25, 0.3) is 5.91 Å². The van der Waals surface area contributed by atoms with Crippen molar-refractivity contribution < 1.29 is 17.7 Å². The summed E-state index contributed by atoms with van der Waals surface area (Å²) in [5.41, 5.74) is 0.767. The fourth-order valence-electron chi connectivity index (χ4n) is 2.99. The van der Waals surface area contributed by atoms with Crippen molar-refractivity contribution in [2.75, 3.05) is 26.2 Å². The number of hydrogen-bond acceptors (Lipinski definition) is 6. The lowest BCUT2D eigenvalue weighted by atomic mass is 10.2. The molecule has 1 amide bonds. The molecule has 2 aromatic rings. The van der Waals surface area contributed by atoms with Crippen LogP contribution in [0.4, 0.5) is 0 Å². The number of carbonyl (C=O) groups excluding carboxylic acids is 1. The Bertz CT molecular complexity index is 891. The molecule has 0 atom stereocenters. The van der Waals surface area contributed by atoms with Crippen molar-refractivity contribution >= 4 is 27.5 Å². The first kappa shape index (κ1) is 18.8. The van der Waals surface area contributed by atoms with E-state index in [-0.39, 0.29) is 23.1 Å². The number of aromatic nitrogens is 2. The van der Waals surface area contributed by atoms with Gasteiger partial charge in [0.05, 0.1) is 5.56 Å².